The second kappa shape index (κ2) is 14.4. The lowest BCUT2D eigenvalue weighted by molar-refractivity contribution is 0.107. The summed E-state index contributed by atoms with van der Waals surface area (Å²) in [4.78, 5) is 17.5. The zero-order valence-corrected chi connectivity index (χ0v) is 29.6. The Morgan fingerprint density at radius 3 is 2.74 bits per heavy atom. The molecule has 2 aromatic carbocycles. The Morgan fingerprint density at radius 2 is 2.00 bits per heavy atom. The number of hydrogen-bond donors (Lipinski definition) is 2. The van der Waals surface area contributed by atoms with Crippen molar-refractivity contribution in [1.82, 2.24) is 19.9 Å². The Labute approximate surface area is 309 Å². The lowest BCUT2D eigenvalue weighted by atomic mass is 9.95. The number of ether oxygens (including phenoxy) is 2. The standard InChI is InChI=1S/C33H28ClF3N8O2S.C3H4F2/c34-24-22(18-4-5-20(36)28-21(18)19(12-38)30(40)48-28)25(37)26-23-27(24)46-10-9-44(13-16-3-1-7-41-29(16)39)31(23)43-32(42-26)47-15-33-6-2-8-45(33)14-17(35)11-33;1-2-3(4)5/h1,3-5,7,17H,2,6,8-11,13-15,40H2,(H2,39,41);2-3H,1H2/t17?,33-;/m0./s1. The summed E-state index contributed by atoms with van der Waals surface area (Å²) in [6, 6.07) is 8.06. The Bertz CT molecular complexity index is 2290. The first-order chi connectivity index (χ1) is 25.5. The molecule has 8 rings (SSSR count). The highest BCUT2D eigenvalue weighted by Gasteiger charge is 2.49. The topological polar surface area (TPSA) is 139 Å². The summed E-state index contributed by atoms with van der Waals surface area (Å²) in [5, 5.41) is 10.3. The van der Waals surface area contributed by atoms with Crippen molar-refractivity contribution in [3.63, 3.8) is 0 Å². The monoisotopic (exact) mass is 770 g/mol. The van der Waals surface area contributed by atoms with E-state index in [1.54, 1.807) is 12.3 Å². The van der Waals surface area contributed by atoms with E-state index in [4.69, 9.17) is 37.5 Å². The molecule has 17 heteroatoms. The highest BCUT2D eigenvalue weighted by Crippen LogP contribution is 2.51. The molecule has 4 N–H and O–H groups in total. The van der Waals surface area contributed by atoms with Crippen molar-refractivity contribution in [2.75, 3.05) is 49.2 Å². The number of nitrogen functional groups attached to an aromatic ring is 2. The second-order valence-corrected chi connectivity index (χ2v) is 14.3. The first-order valence-corrected chi connectivity index (χ1v) is 17.8. The number of nitriles is 1. The van der Waals surface area contributed by atoms with Gasteiger partial charge >= 0.3 is 6.01 Å². The normalized spacial score (nSPS) is 19.4. The van der Waals surface area contributed by atoms with E-state index in [0.29, 0.717) is 42.8 Å². The minimum Gasteiger partial charge on any atom is -0.489 e. The molecular weight excluding hydrogens is 739 g/mol. The van der Waals surface area contributed by atoms with E-state index in [0.717, 1.165) is 30.7 Å². The van der Waals surface area contributed by atoms with E-state index in [9.17, 15) is 22.8 Å². The van der Waals surface area contributed by atoms with Crippen LogP contribution in [0.25, 0.3) is 32.1 Å². The van der Waals surface area contributed by atoms with Crippen molar-refractivity contribution in [2.24, 2.45) is 0 Å². The van der Waals surface area contributed by atoms with Crippen LogP contribution in [0.2, 0.25) is 5.02 Å². The third kappa shape index (κ3) is 6.51. The van der Waals surface area contributed by atoms with Gasteiger partial charge in [-0.1, -0.05) is 30.3 Å². The lowest BCUT2D eigenvalue weighted by Crippen LogP contribution is -2.43. The van der Waals surface area contributed by atoms with E-state index in [-0.39, 0.29) is 79.2 Å². The zero-order chi connectivity index (χ0) is 37.6. The van der Waals surface area contributed by atoms with E-state index < -0.39 is 29.8 Å². The number of nitrogens with zero attached hydrogens (tertiary/aromatic N) is 6. The molecule has 1 unspecified atom stereocenters. The van der Waals surface area contributed by atoms with Gasteiger partial charge in [-0.15, -0.1) is 11.3 Å². The molecule has 0 spiro atoms. The van der Waals surface area contributed by atoms with Crippen LogP contribution in [-0.2, 0) is 6.54 Å². The average molecular weight is 771 g/mol. The van der Waals surface area contributed by atoms with Crippen LogP contribution in [0.15, 0.2) is 43.1 Å². The van der Waals surface area contributed by atoms with Crippen LogP contribution in [0.3, 0.4) is 0 Å². The van der Waals surface area contributed by atoms with Crippen LogP contribution in [-0.4, -0.2) is 70.8 Å². The number of pyridine rings is 1. The van der Waals surface area contributed by atoms with Gasteiger partial charge in [-0.25, -0.2) is 26.9 Å². The highest BCUT2D eigenvalue weighted by atomic mass is 35.5. The van der Waals surface area contributed by atoms with Crippen molar-refractivity contribution in [1.29, 1.82) is 5.26 Å². The molecule has 3 aliphatic heterocycles. The van der Waals surface area contributed by atoms with Crippen molar-refractivity contribution in [3.05, 3.63) is 70.9 Å². The van der Waals surface area contributed by atoms with Gasteiger partial charge in [-0.3, -0.25) is 4.90 Å². The van der Waals surface area contributed by atoms with Crippen LogP contribution < -0.4 is 25.8 Å². The van der Waals surface area contributed by atoms with Crippen LogP contribution >= 0.6 is 22.9 Å². The number of alkyl halides is 3. The second-order valence-electron chi connectivity index (χ2n) is 12.9. The summed E-state index contributed by atoms with van der Waals surface area (Å²) in [6.45, 7) is 4.75. The van der Waals surface area contributed by atoms with E-state index in [1.165, 1.54) is 12.1 Å². The fraction of sp³-hybridized carbons (Fsp3) is 0.333. The Kier molecular flexibility index (Phi) is 9.92. The molecule has 3 aromatic heterocycles. The van der Waals surface area contributed by atoms with E-state index >= 15 is 4.39 Å². The number of hydrogen-bond acceptors (Lipinski definition) is 11. The summed E-state index contributed by atoms with van der Waals surface area (Å²) < 4.78 is 80.5. The van der Waals surface area contributed by atoms with Gasteiger partial charge in [0, 0.05) is 42.2 Å². The summed E-state index contributed by atoms with van der Waals surface area (Å²) in [5.74, 6) is -0.689. The molecule has 276 valence electrons. The molecular formula is C36H32ClF5N8O2S. The number of allylic oxidation sites excluding steroid dienone is 1. The fourth-order valence-corrected chi connectivity index (χ4v) is 8.65. The van der Waals surface area contributed by atoms with Crippen molar-refractivity contribution >= 4 is 60.6 Å². The molecule has 2 atom stereocenters. The molecule has 6 heterocycles. The number of thiophene rings is 1. The number of anilines is 3. The first kappa shape index (κ1) is 36.4. The van der Waals surface area contributed by atoms with Crippen LogP contribution in [0, 0.1) is 23.0 Å². The summed E-state index contributed by atoms with van der Waals surface area (Å²) >= 11 is 7.89. The smallest absolute Gasteiger partial charge is 0.319 e. The van der Waals surface area contributed by atoms with Crippen molar-refractivity contribution in [3.8, 4) is 29.0 Å². The van der Waals surface area contributed by atoms with Gasteiger partial charge in [-0.2, -0.15) is 15.2 Å². The molecule has 0 bridgehead atoms. The predicted molar refractivity (Wildman–Crippen MR) is 194 cm³/mol. The highest BCUT2D eigenvalue weighted by molar-refractivity contribution is 7.23. The predicted octanol–water partition coefficient (Wildman–Crippen LogP) is 7.67. The lowest BCUT2D eigenvalue weighted by Gasteiger charge is -2.31. The van der Waals surface area contributed by atoms with Gasteiger partial charge < -0.3 is 25.8 Å². The average Bonchev–Trinajstić information content (AvgIpc) is 3.74. The van der Waals surface area contributed by atoms with Crippen molar-refractivity contribution < 1.29 is 31.4 Å². The molecule has 5 aromatic rings. The first-order valence-electron chi connectivity index (χ1n) is 16.6. The minimum absolute atomic E-state index is 0.0163. The number of benzene rings is 2. The quantitative estimate of drug-likeness (QED) is 0.125. The van der Waals surface area contributed by atoms with Crippen LogP contribution in [0.1, 0.15) is 30.4 Å². The summed E-state index contributed by atoms with van der Waals surface area (Å²) in [7, 11) is 0. The van der Waals surface area contributed by atoms with Gasteiger partial charge in [0.15, 0.2) is 11.6 Å². The van der Waals surface area contributed by atoms with Gasteiger partial charge in [0.25, 0.3) is 6.43 Å². The largest absolute Gasteiger partial charge is 0.489 e. The SMILES string of the molecule is C=CC(F)F.N#Cc1c(N)sc2c(F)ccc(-c3c(Cl)c4c5c(nc(OC[C@@]67CCCN6CC(F)C7)nc5c3F)N(Cc3cccnc3N)CCO4)c12. The number of aromatic nitrogens is 3. The molecule has 0 aliphatic carbocycles. The van der Waals surface area contributed by atoms with Crippen LogP contribution in [0.5, 0.6) is 11.8 Å². The number of halogens is 6. The third-order valence-electron chi connectivity index (χ3n) is 9.75. The maximum atomic E-state index is 17.1. The third-order valence-corrected chi connectivity index (χ3v) is 11.1. The Morgan fingerprint density at radius 1 is 1.21 bits per heavy atom. The van der Waals surface area contributed by atoms with Gasteiger partial charge in [0.1, 0.15) is 53.4 Å². The fourth-order valence-electron chi connectivity index (χ4n) is 7.36. The maximum Gasteiger partial charge on any atom is 0.319 e. The molecule has 2 saturated heterocycles. The summed E-state index contributed by atoms with van der Waals surface area (Å²) in [5.41, 5.74) is 12.4. The molecule has 53 heavy (non-hydrogen) atoms. The zero-order valence-electron chi connectivity index (χ0n) is 28.0. The van der Waals surface area contributed by atoms with Gasteiger partial charge in [-0.05, 0) is 43.2 Å². The molecule has 3 aliphatic rings. The molecule has 0 amide bonds. The molecule has 0 saturated carbocycles. The minimum atomic E-state index is -2.35. The number of fused-ring (bicyclic) bond motifs is 2. The molecule has 10 nitrogen and oxygen atoms in total. The number of rotatable bonds is 7. The van der Waals surface area contributed by atoms with Crippen LogP contribution in [0.4, 0.5) is 38.6 Å². The maximum absolute atomic E-state index is 17.1. The van der Waals surface area contributed by atoms with Gasteiger partial charge in [0.05, 0.1) is 32.8 Å². The van der Waals surface area contributed by atoms with Crippen molar-refractivity contribution in [2.45, 2.75) is 43.9 Å². The summed E-state index contributed by atoms with van der Waals surface area (Å²) in [6.07, 6.45) is 0.870. The van der Waals surface area contributed by atoms with E-state index in [1.807, 2.05) is 17.0 Å². The van der Waals surface area contributed by atoms with Gasteiger partial charge in [0.2, 0.25) is 0 Å². The van der Waals surface area contributed by atoms with E-state index in [2.05, 4.69) is 21.4 Å². The molecule has 0 radical (unpaired) electrons. The number of nitrogens with two attached hydrogens (primary N) is 2. The molecule has 2 fully saturated rings. The Balaban J connectivity index is 0.000000817. The Hall–Kier alpha value is -4.98.